The molecule has 0 aromatic carbocycles. The fourth-order valence-electron chi connectivity index (χ4n) is 1.39. The van der Waals surface area contributed by atoms with Crippen LogP contribution in [0.25, 0.3) is 0 Å². The molecule has 0 aromatic rings. The van der Waals surface area contributed by atoms with Crippen LogP contribution >= 0.6 is 0 Å². The third-order valence-electron chi connectivity index (χ3n) is 2.05. The molecule has 1 rings (SSSR count). The van der Waals surface area contributed by atoms with Gasteiger partial charge < -0.3 is 0 Å². The zero-order chi connectivity index (χ0) is 14.9. The van der Waals surface area contributed by atoms with Crippen molar-refractivity contribution in [2.45, 2.75) is 94.5 Å². The molecule has 1 aliphatic rings. The van der Waals surface area contributed by atoms with E-state index in [1.807, 2.05) is 55.4 Å². The highest BCUT2D eigenvalue weighted by Crippen LogP contribution is 2.19. The van der Waals surface area contributed by atoms with Gasteiger partial charge in [0.05, 0.1) is 0 Å². The molecule has 17 heavy (non-hydrogen) atoms. The SMILES string of the molecule is CC.CC.CC.CC.CC(C)(C)N1CCCC1. The average Bonchev–Trinajstić information content (AvgIpc) is 2.93. The summed E-state index contributed by atoms with van der Waals surface area (Å²) < 4.78 is 0. The molecule has 0 atom stereocenters. The van der Waals surface area contributed by atoms with E-state index in [1.54, 1.807) is 0 Å². The van der Waals surface area contributed by atoms with Gasteiger partial charge in [-0.2, -0.15) is 0 Å². The molecule has 0 saturated carbocycles. The first-order valence-electron chi connectivity index (χ1n) is 7.86. The Morgan fingerprint density at radius 2 is 0.824 bits per heavy atom. The number of rotatable bonds is 0. The normalized spacial score (nSPS) is 13.6. The first kappa shape index (κ1) is 25.7. The number of likely N-dealkylation sites (tertiary alicyclic amines) is 1. The van der Waals surface area contributed by atoms with Crippen LogP contribution < -0.4 is 0 Å². The monoisotopic (exact) mass is 247 g/mol. The Morgan fingerprint density at radius 1 is 0.588 bits per heavy atom. The molecule has 0 amide bonds. The largest absolute Gasteiger partial charge is 0.298 e. The third-order valence-corrected chi connectivity index (χ3v) is 2.05. The predicted octanol–water partition coefficient (Wildman–Crippen LogP) is 5.99. The Balaban J connectivity index is -0.0000000905. The molecule has 0 aromatic heterocycles. The Bertz CT molecular complexity index is 86.2. The quantitative estimate of drug-likeness (QED) is 0.508. The molecule has 1 fully saturated rings. The standard InChI is InChI=1S/C8H17N.4C2H6/c1-8(2,3)9-6-4-5-7-9;4*1-2/h4-7H2,1-3H3;4*1-2H3. The van der Waals surface area contributed by atoms with Crippen LogP contribution in [0.3, 0.4) is 0 Å². The van der Waals surface area contributed by atoms with Gasteiger partial charge in [-0.25, -0.2) is 0 Å². The smallest absolute Gasteiger partial charge is 0.0125 e. The van der Waals surface area contributed by atoms with Gasteiger partial charge in [-0.15, -0.1) is 0 Å². The molecule has 0 unspecified atom stereocenters. The molecular formula is C16H41N. The molecule has 110 valence electrons. The second-order valence-electron chi connectivity index (χ2n) is 3.86. The maximum Gasteiger partial charge on any atom is 0.0125 e. The van der Waals surface area contributed by atoms with Gasteiger partial charge in [-0.05, 0) is 46.7 Å². The van der Waals surface area contributed by atoms with Gasteiger partial charge in [0.1, 0.15) is 0 Å². The van der Waals surface area contributed by atoms with Crippen LogP contribution in [0.5, 0.6) is 0 Å². The van der Waals surface area contributed by atoms with E-state index >= 15 is 0 Å². The van der Waals surface area contributed by atoms with Crippen molar-refractivity contribution in [1.29, 1.82) is 0 Å². The van der Waals surface area contributed by atoms with Gasteiger partial charge in [0.15, 0.2) is 0 Å². The minimum absolute atomic E-state index is 0.413. The van der Waals surface area contributed by atoms with Gasteiger partial charge in [-0.3, -0.25) is 4.90 Å². The summed E-state index contributed by atoms with van der Waals surface area (Å²) in [6.45, 7) is 25.5. The van der Waals surface area contributed by atoms with E-state index in [1.165, 1.54) is 25.9 Å². The van der Waals surface area contributed by atoms with Crippen LogP contribution in [-0.2, 0) is 0 Å². The van der Waals surface area contributed by atoms with Gasteiger partial charge in [0, 0.05) is 5.54 Å². The first-order valence-corrected chi connectivity index (χ1v) is 7.86. The Morgan fingerprint density at radius 3 is 0.941 bits per heavy atom. The van der Waals surface area contributed by atoms with Crippen LogP contribution in [0.2, 0.25) is 0 Å². The second-order valence-corrected chi connectivity index (χ2v) is 3.86. The Kier molecular flexibility index (Phi) is 32.2. The molecule has 1 aliphatic heterocycles. The van der Waals surface area contributed by atoms with Crippen LogP contribution in [-0.4, -0.2) is 23.5 Å². The highest BCUT2D eigenvalue weighted by Gasteiger charge is 2.23. The van der Waals surface area contributed by atoms with Crippen molar-refractivity contribution in [3.8, 4) is 0 Å². The highest BCUT2D eigenvalue weighted by atomic mass is 15.2. The molecule has 1 heteroatoms. The summed E-state index contributed by atoms with van der Waals surface area (Å²) in [7, 11) is 0. The summed E-state index contributed by atoms with van der Waals surface area (Å²) >= 11 is 0. The molecule has 1 saturated heterocycles. The fraction of sp³-hybridized carbons (Fsp3) is 1.00. The van der Waals surface area contributed by atoms with Crippen molar-refractivity contribution in [1.82, 2.24) is 4.90 Å². The zero-order valence-electron chi connectivity index (χ0n) is 14.8. The zero-order valence-corrected chi connectivity index (χ0v) is 14.8. The van der Waals surface area contributed by atoms with E-state index in [9.17, 15) is 0 Å². The van der Waals surface area contributed by atoms with E-state index in [0.29, 0.717) is 5.54 Å². The summed E-state index contributed by atoms with van der Waals surface area (Å²) in [6, 6.07) is 0. The van der Waals surface area contributed by atoms with Crippen LogP contribution in [0, 0.1) is 0 Å². The number of hydrogen-bond donors (Lipinski definition) is 0. The third kappa shape index (κ3) is 18.5. The number of nitrogens with zero attached hydrogens (tertiary/aromatic N) is 1. The maximum atomic E-state index is 2.55. The molecule has 0 spiro atoms. The van der Waals surface area contributed by atoms with Crippen molar-refractivity contribution in [3.05, 3.63) is 0 Å². The van der Waals surface area contributed by atoms with Crippen molar-refractivity contribution in [2.24, 2.45) is 0 Å². The van der Waals surface area contributed by atoms with Crippen LogP contribution in [0.15, 0.2) is 0 Å². The molecule has 0 N–H and O–H groups in total. The lowest BCUT2D eigenvalue weighted by molar-refractivity contribution is 0.175. The summed E-state index contributed by atoms with van der Waals surface area (Å²) in [5.41, 5.74) is 0.413. The molecule has 1 heterocycles. The van der Waals surface area contributed by atoms with Gasteiger partial charge in [0.25, 0.3) is 0 Å². The topological polar surface area (TPSA) is 3.24 Å². The van der Waals surface area contributed by atoms with Crippen molar-refractivity contribution in [3.63, 3.8) is 0 Å². The highest BCUT2D eigenvalue weighted by molar-refractivity contribution is 4.79. The number of hydrogen-bond acceptors (Lipinski definition) is 1. The predicted molar refractivity (Wildman–Crippen MR) is 86.0 cm³/mol. The van der Waals surface area contributed by atoms with Gasteiger partial charge in [-0.1, -0.05) is 55.4 Å². The van der Waals surface area contributed by atoms with Gasteiger partial charge >= 0.3 is 0 Å². The molecule has 0 radical (unpaired) electrons. The summed E-state index contributed by atoms with van der Waals surface area (Å²) in [4.78, 5) is 2.55. The molecule has 1 nitrogen and oxygen atoms in total. The summed E-state index contributed by atoms with van der Waals surface area (Å²) in [6.07, 6.45) is 2.80. The van der Waals surface area contributed by atoms with E-state index in [-0.39, 0.29) is 0 Å². The lowest BCUT2D eigenvalue weighted by Crippen LogP contribution is -2.38. The van der Waals surface area contributed by atoms with Crippen molar-refractivity contribution in [2.75, 3.05) is 13.1 Å². The first-order chi connectivity index (χ1) is 8.11. The van der Waals surface area contributed by atoms with E-state index in [0.717, 1.165) is 0 Å². The molecule has 0 bridgehead atoms. The van der Waals surface area contributed by atoms with Crippen molar-refractivity contribution < 1.29 is 0 Å². The van der Waals surface area contributed by atoms with Crippen molar-refractivity contribution >= 4 is 0 Å². The fourth-order valence-corrected chi connectivity index (χ4v) is 1.39. The van der Waals surface area contributed by atoms with E-state index in [2.05, 4.69) is 25.7 Å². The van der Waals surface area contributed by atoms with E-state index in [4.69, 9.17) is 0 Å². The van der Waals surface area contributed by atoms with E-state index < -0.39 is 0 Å². The van der Waals surface area contributed by atoms with Crippen LogP contribution in [0.4, 0.5) is 0 Å². The molecular weight excluding hydrogens is 206 g/mol. The van der Waals surface area contributed by atoms with Crippen LogP contribution in [0.1, 0.15) is 89.0 Å². The average molecular weight is 248 g/mol. The Labute approximate surface area is 113 Å². The minimum atomic E-state index is 0.413. The summed E-state index contributed by atoms with van der Waals surface area (Å²) in [5, 5.41) is 0. The lowest BCUT2D eigenvalue weighted by Gasteiger charge is -2.31. The maximum absolute atomic E-state index is 2.55. The Hall–Kier alpha value is -0.0400. The minimum Gasteiger partial charge on any atom is -0.298 e. The van der Waals surface area contributed by atoms with Gasteiger partial charge in [0.2, 0.25) is 0 Å². The summed E-state index contributed by atoms with van der Waals surface area (Å²) in [5.74, 6) is 0. The second kappa shape index (κ2) is 21.3. The lowest BCUT2D eigenvalue weighted by atomic mass is 10.1. The molecule has 0 aliphatic carbocycles.